The minimum atomic E-state index is 0.482. The first-order valence-electron chi connectivity index (χ1n) is 8.38. The lowest BCUT2D eigenvalue weighted by atomic mass is 9.70. The summed E-state index contributed by atoms with van der Waals surface area (Å²) in [6, 6.07) is 8.59. The van der Waals surface area contributed by atoms with Crippen molar-refractivity contribution in [1.29, 1.82) is 0 Å². The van der Waals surface area contributed by atoms with Crippen molar-refractivity contribution in [2.75, 3.05) is 30.9 Å². The highest BCUT2D eigenvalue weighted by Gasteiger charge is 2.29. The number of hydrogen-bond acceptors (Lipinski definition) is 2. The van der Waals surface area contributed by atoms with Crippen LogP contribution in [0.25, 0.3) is 0 Å². The van der Waals surface area contributed by atoms with E-state index in [0.717, 1.165) is 18.4 Å². The fourth-order valence-corrected chi connectivity index (χ4v) is 3.50. The van der Waals surface area contributed by atoms with Crippen LogP contribution in [0.4, 0.5) is 11.4 Å². The number of rotatable bonds is 4. The van der Waals surface area contributed by atoms with Gasteiger partial charge in [0.1, 0.15) is 0 Å². The van der Waals surface area contributed by atoms with Crippen LogP contribution in [0.3, 0.4) is 0 Å². The first kappa shape index (κ1) is 16.2. The summed E-state index contributed by atoms with van der Waals surface area (Å²) in [6.07, 6.45) is 5.54. The van der Waals surface area contributed by atoms with Crippen molar-refractivity contribution < 1.29 is 0 Å². The molecule has 118 valence electrons. The van der Waals surface area contributed by atoms with Crippen molar-refractivity contribution in [2.24, 2.45) is 17.3 Å². The summed E-state index contributed by atoms with van der Waals surface area (Å²) in [5, 5.41) is 3.68. The monoisotopic (exact) mass is 288 g/mol. The van der Waals surface area contributed by atoms with Crippen molar-refractivity contribution in [3.8, 4) is 0 Å². The molecule has 2 nitrogen and oxygen atoms in total. The Morgan fingerprint density at radius 1 is 1.05 bits per heavy atom. The van der Waals surface area contributed by atoms with E-state index in [0.29, 0.717) is 5.41 Å². The van der Waals surface area contributed by atoms with E-state index in [-0.39, 0.29) is 0 Å². The van der Waals surface area contributed by atoms with Gasteiger partial charge in [-0.15, -0.1) is 0 Å². The third kappa shape index (κ3) is 4.39. The molecule has 2 rings (SSSR count). The Kier molecular flexibility index (Phi) is 5.18. The van der Waals surface area contributed by atoms with Gasteiger partial charge >= 0.3 is 0 Å². The fourth-order valence-electron chi connectivity index (χ4n) is 3.50. The molecule has 0 bridgehead atoms. The van der Waals surface area contributed by atoms with E-state index < -0.39 is 0 Å². The molecule has 1 fully saturated rings. The molecule has 0 spiro atoms. The molecular formula is C19H32N2. The second-order valence-corrected chi connectivity index (χ2v) is 7.88. The standard InChI is InChI=1S/C19H32N2/c1-19(2,3)16-12-10-15(11-13-16)14-20-17-8-6-7-9-18(17)21(4)5/h6-9,15-16,20H,10-14H2,1-5H3. The van der Waals surface area contributed by atoms with Crippen LogP contribution in [-0.4, -0.2) is 20.6 Å². The van der Waals surface area contributed by atoms with Gasteiger partial charge in [-0.25, -0.2) is 0 Å². The summed E-state index contributed by atoms with van der Waals surface area (Å²) < 4.78 is 0. The van der Waals surface area contributed by atoms with Gasteiger partial charge in [0, 0.05) is 20.6 Å². The summed E-state index contributed by atoms with van der Waals surface area (Å²) in [6.45, 7) is 8.29. The highest BCUT2D eigenvalue weighted by molar-refractivity contribution is 5.69. The summed E-state index contributed by atoms with van der Waals surface area (Å²) >= 11 is 0. The lowest BCUT2D eigenvalue weighted by Crippen LogP contribution is -2.28. The van der Waals surface area contributed by atoms with E-state index in [1.807, 2.05) is 0 Å². The Hall–Kier alpha value is -1.18. The molecule has 1 aliphatic carbocycles. The molecule has 1 aliphatic rings. The van der Waals surface area contributed by atoms with E-state index >= 15 is 0 Å². The fraction of sp³-hybridized carbons (Fsp3) is 0.684. The highest BCUT2D eigenvalue weighted by Crippen LogP contribution is 2.39. The van der Waals surface area contributed by atoms with Gasteiger partial charge in [-0.05, 0) is 55.1 Å². The maximum absolute atomic E-state index is 3.68. The summed E-state index contributed by atoms with van der Waals surface area (Å²) in [7, 11) is 4.21. The Morgan fingerprint density at radius 2 is 1.67 bits per heavy atom. The molecule has 21 heavy (non-hydrogen) atoms. The quantitative estimate of drug-likeness (QED) is 0.837. The first-order valence-corrected chi connectivity index (χ1v) is 8.38. The molecule has 2 heteroatoms. The van der Waals surface area contributed by atoms with Crippen LogP contribution in [-0.2, 0) is 0 Å². The zero-order chi connectivity index (χ0) is 15.5. The normalized spacial score (nSPS) is 22.9. The van der Waals surface area contributed by atoms with Gasteiger partial charge in [0.05, 0.1) is 11.4 Å². The van der Waals surface area contributed by atoms with Crippen molar-refractivity contribution in [3.05, 3.63) is 24.3 Å². The molecule has 1 N–H and O–H groups in total. The maximum Gasteiger partial charge on any atom is 0.0596 e. The molecule has 0 saturated heterocycles. The molecule has 0 amide bonds. The van der Waals surface area contributed by atoms with Crippen LogP contribution in [0.15, 0.2) is 24.3 Å². The van der Waals surface area contributed by atoms with Gasteiger partial charge in [-0.3, -0.25) is 0 Å². The number of para-hydroxylation sites is 2. The van der Waals surface area contributed by atoms with Crippen LogP contribution in [0.5, 0.6) is 0 Å². The average Bonchev–Trinajstić information content (AvgIpc) is 2.45. The Bertz CT molecular complexity index is 437. The number of nitrogens with zero attached hydrogens (tertiary/aromatic N) is 1. The average molecular weight is 288 g/mol. The topological polar surface area (TPSA) is 15.3 Å². The van der Waals surface area contributed by atoms with Crippen LogP contribution >= 0.6 is 0 Å². The Labute approximate surface area is 130 Å². The molecule has 0 atom stereocenters. The lowest BCUT2D eigenvalue weighted by molar-refractivity contribution is 0.153. The van der Waals surface area contributed by atoms with Gasteiger partial charge in [-0.2, -0.15) is 0 Å². The SMILES string of the molecule is CN(C)c1ccccc1NCC1CCC(C(C)(C)C)CC1. The predicted octanol–water partition coefficient (Wildman–Crippen LogP) is 5.02. The van der Waals surface area contributed by atoms with E-state index in [9.17, 15) is 0 Å². The summed E-state index contributed by atoms with van der Waals surface area (Å²) in [5.74, 6) is 1.74. The molecule has 0 aromatic heterocycles. The van der Waals surface area contributed by atoms with Gasteiger partial charge in [-0.1, -0.05) is 32.9 Å². The molecule has 1 saturated carbocycles. The lowest BCUT2D eigenvalue weighted by Gasteiger charge is -2.37. The Balaban J connectivity index is 1.85. The molecule has 0 aliphatic heterocycles. The molecular weight excluding hydrogens is 256 g/mol. The van der Waals surface area contributed by atoms with Crippen LogP contribution in [0, 0.1) is 17.3 Å². The zero-order valence-corrected chi connectivity index (χ0v) is 14.4. The summed E-state index contributed by atoms with van der Waals surface area (Å²) in [4.78, 5) is 2.18. The Morgan fingerprint density at radius 3 is 2.24 bits per heavy atom. The van der Waals surface area contributed by atoms with Crippen molar-refractivity contribution >= 4 is 11.4 Å². The minimum Gasteiger partial charge on any atom is -0.383 e. The number of hydrogen-bond donors (Lipinski definition) is 1. The van der Waals surface area contributed by atoms with E-state index in [1.54, 1.807) is 0 Å². The van der Waals surface area contributed by atoms with Gasteiger partial charge in [0.15, 0.2) is 0 Å². The third-order valence-electron chi connectivity index (χ3n) is 5.04. The number of benzene rings is 1. The zero-order valence-electron chi connectivity index (χ0n) is 14.4. The molecule has 1 aromatic carbocycles. The first-order chi connectivity index (χ1) is 9.88. The van der Waals surface area contributed by atoms with Crippen molar-refractivity contribution in [1.82, 2.24) is 0 Å². The molecule has 0 heterocycles. The second-order valence-electron chi connectivity index (χ2n) is 7.88. The maximum atomic E-state index is 3.68. The van der Waals surface area contributed by atoms with Crippen molar-refractivity contribution in [3.63, 3.8) is 0 Å². The predicted molar refractivity (Wildman–Crippen MR) is 94.2 cm³/mol. The minimum absolute atomic E-state index is 0.482. The summed E-state index contributed by atoms with van der Waals surface area (Å²) in [5.41, 5.74) is 3.02. The smallest absolute Gasteiger partial charge is 0.0596 e. The molecule has 0 unspecified atom stereocenters. The second kappa shape index (κ2) is 6.72. The van der Waals surface area contributed by atoms with Gasteiger partial charge in [0.25, 0.3) is 0 Å². The number of nitrogens with one attached hydrogen (secondary N) is 1. The van der Waals surface area contributed by atoms with Crippen LogP contribution in [0.2, 0.25) is 0 Å². The third-order valence-corrected chi connectivity index (χ3v) is 5.04. The largest absolute Gasteiger partial charge is 0.383 e. The van der Waals surface area contributed by atoms with Crippen molar-refractivity contribution in [2.45, 2.75) is 46.5 Å². The van der Waals surface area contributed by atoms with E-state index in [1.165, 1.54) is 37.1 Å². The van der Waals surface area contributed by atoms with E-state index in [2.05, 4.69) is 69.3 Å². The van der Waals surface area contributed by atoms with Gasteiger partial charge < -0.3 is 10.2 Å². The van der Waals surface area contributed by atoms with E-state index in [4.69, 9.17) is 0 Å². The molecule has 0 radical (unpaired) electrons. The van der Waals surface area contributed by atoms with Gasteiger partial charge in [0.2, 0.25) is 0 Å². The highest BCUT2D eigenvalue weighted by atomic mass is 15.1. The number of anilines is 2. The molecule has 1 aromatic rings. The van der Waals surface area contributed by atoms with Crippen LogP contribution in [0.1, 0.15) is 46.5 Å². The van der Waals surface area contributed by atoms with Crippen LogP contribution < -0.4 is 10.2 Å².